The second kappa shape index (κ2) is 14.3. The fourth-order valence-electron chi connectivity index (χ4n) is 9.99. The number of hydrogen-bond donors (Lipinski definition) is 0. The van der Waals surface area contributed by atoms with Gasteiger partial charge in [0, 0.05) is 59.1 Å². The van der Waals surface area contributed by atoms with Crippen molar-refractivity contribution in [2.45, 2.75) is 0 Å². The van der Waals surface area contributed by atoms with Crippen LogP contribution in [0.3, 0.4) is 0 Å². The van der Waals surface area contributed by atoms with Gasteiger partial charge in [0.05, 0.1) is 11.0 Å². The Hall–Kier alpha value is -7.98. The summed E-state index contributed by atoms with van der Waals surface area (Å²) >= 11 is 1.86. The third-order valence-corrected chi connectivity index (χ3v) is 14.1. The summed E-state index contributed by atoms with van der Waals surface area (Å²) < 4.78 is 5.05. The summed E-state index contributed by atoms with van der Waals surface area (Å²) in [5, 5.41) is 12.7. The minimum Gasteiger partial charge on any atom is -0.310 e. The van der Waals surface area contributed by atoms with E-state index in [9.17, 15) is 0 Å². The molecule has 294 valence electrons. The van der Waals surface area contributed by atoms with Gasteiger partial charge in [-0.25, -0.2) is 0 Å². The van der Waals surface area contributed by atoms with Gasteiger partial charge < -0.3 is 9.47 Å². The normalized spacial score (nSPS) is 11.8. The second-order valence-corrected chi connectivity index (χ2v) is 17.6. The van der Waals surface area contributed by atoms with Gasteiger partial charge in [0.25, 0.3) is 0 Å². The van der Waals surface area contributed by atoms with Gasteiger partial charge in [0.15, 0.2) is 0 Å². The third-order valence-electron chi connectivity index (χ3n) is 12.9. The number of nitrogens with zero attached hydrogens (tertiary/aromatic N) is 2. The highest BCUT2D eigenvalue weighted by atomic mass is 32.1. The monoisotopic (exact) mass is 818 g/mol. The summed E-state index contributed by atoms with van der Waals surface area (Å²) in [6.45, 7) is 0. The Morgan fingerprint density at radius 1 is 0.317 bits per heavy atom. The van der Waals surface area contributed by atoms with Gasteiger partial charge >= 0.3 is 0 Å². The predicted octanol–water partition coefficient (Wildman–Crippen LogP) is 17.4. The quantitative estimate of drug-likeness (QED) is 0.152. The first-order valence-electron chi connectivity index (χ1n) is 21.6. The number of benzene rings is 11. The Morgan fingerprint density at radius 3 is 1.70 bits per heavy atom. The molecule has 0 spiro atoms. The van der Waals surface area contributed by atoms with Crippen LogP contribution in [0.15, 0.2) is 231 Å². The molecule has 63 heavy (non-hydrogen) atoms. The van der Waals surface area contributed by atoms with Crippen LogP contribution < -0.4 is 4.90 Å². The molecule has 2 aromatic heterocycles. The second-order valence-electron chi connectivity index (χ2n) is 16.5. The average Bonchev–Trinajstić information content (AvgIpc) is 3.90. The molecule has 13 aromatic rings. The largest absolute Gasteiger partial charge is 0.310 e. The van der Waals surface area contributed by atoms with E-state index < -0.39 is 0 Å². The number of thiophene rings is 1. The van der Waals surface area contributed by atoms with Gasteiger partial charge in [-0.05, 0) is 122 Å². The molecule has 0 saturated carbocycles. The van der Waals surface area contributed by atoms with Gasteiger partial charge in [-0.2, -0.15) is 0 Å². The molecular formula is C60H38N2S. The Kier molecular flexibility index (Phi) is 8.12. The molecular weight excluding hydrogens is 781 g/mol. The molecule has 0 bridgehead atoms. The summed E-state index contributed by atoms with van der Waals surface area (Å²) in [5.74, 6) is 0. The number of anilines is 3. The zero-order chi connectivity index (χ0) is 41.4. The van der Waals surface area contributed by atoms with Crippen molar-refractivity contribution in [3.8, 4) is 27.9 Å². The molecule has 2 nitrogen and oxygen atoms in total. The zero-order valence-electron chi connectivity index (χ0n) is 34.2. The van der Waals surface area contributed by atoms with E-state index in [1.807, 2.05) is 11.3 Å². The van der Waals surface area contributed by atoms with E-state index >= 15 is 0 Å². The van der Waals surface area contributed by atoms with Crippen molar-refractivity contribution in [2.24, 2.45) is 0 Å². The summed E-state index contributed by atoms with van der Waals surface area (Å²) in [6.07, 6.45) is 0. The molecule has 0 amide bonds. The highest BCUT2D eigenvalue weighted by Gasteiger charge is 2.19. The Labute approximate surface area is 368 Å². The van der Waals surface area contributed by atoms with Gasteiger partial charge in [-0.15, -0.1) is 11.3 Å². The van der Waals surface area contributed by atoms with Gasteiger partial charge in [0.2, 0.25) is 0 Å². The van der Waals surface area contributed by atoms with Crippen molar-refractivity contribution >= 4 is 103 Å². The first kappa shape index (κ1) is 35.7. The van der Waals surface area contributed by atoms with Gasteiger partial charge in [0.1, 0.15) is 0 Å². The standard InChI is InChI=1S/C60H38N2S/c1-2-14-44(15-3-1)62-57-37-42(27-33-52(57)54-34-26-40-12-4-7-17-49(40)60(54)62)39-22-28-45(29-23-39)61(47-32-35-59-56(38-47)53-20-10-11-21-58(53)63-59)46-30-24-41(25-31-46)55-36-43-13-5-6-16-48(43)50-18-8-9-19-51(50)55/h1-38H. The summed E-state index contributed by atoms with van der Waals surface area (Å²) in [7, 11) is 0. The number of hydrogen-bond acceptors (Lipinski definition) is 2. The maximum Gasteiger partial charge on any atom is 0.0619 e. The van der Waals surface area contributed by atoms with Crippen molar-refractivity contribution in [1.29, 1.82) is 0 Å². The molecule has 11 aromatic carbocycles. The lowest BCUT2D eigenvalue weighted by Crippen LogP contribution is -2.09. The molecule has 0 radical (unpaired) electrons. The first-order chi connectivity index (χ1) is 31.2. The highest BCUT2D eigenvalue weighted by molar-refractivity contribution is 7.25. The highest BCUT2D eigenvalue weighted by Crippen LogP contribution is 2.43. The van der Waals surface area contributed by atoms with Crippen molar-refractivity contribution in [2.75, 3.05) is 4.90 Å². The van der Waals surface area contributed by atoms with Crippen molar-refractivity contribution in [3.63, 3.8) is 0 Å². The van der Waals surface area contributed by atoms with Crippen LogP contribution in [0, 0.1) is 0 Å². The molecule has 0 aliphatic rings. The van der Waals surface area contributed by atoms with Crippen LogP contribution in [0.25, 0.3) is 102 Å². The van der Waals surface area contributed by atoms with Crippen LogP contribution in [-0.4, -0.2) is 4.57 Å². The predicted molar refractivity (Wildman–Crippen MR) is 272 cm³/mol. The maximum atomic E-state index is 2.45. The molecule has 0 atom stereocenters. The molecule has 3 heteroatoms. The van der Waals surface area contributed by atoms with E-state index in [2.05, 4.69) is 240 Å². The van der Waals surface area contributed by atoms with Gasteiger partial charge in [-0.3, -0.25) is 0 Å². The lowest BCUT2D eigenvalue weighted by molar-refractivity contribution is 1.19. The average molecular weight is 819 g/mol. The van der Waals surface area contributed by atoms with Crippen LogP contribution in [0.2, 0.25) is 0 Å². The molecule has 2 heterocycles. The van der Waals surface area contributed by atoms with E-state index in [1.54, 1.807) is 0 Å². The van der Waals surface area contributed by atoms with Crippen LogP contribution in [-0.2, 0) is 0 Å². The number of para-hydroxylation sites is 1. The van der Waals surface area contributed by atoms with E-state index in [0.29, 0.717) is 0 Å². The molecule has 0 fully saturated rings. The zero-order valence-corrected chi connectivity index (χ0v) is 35.1. The fraction of sp³-hybridized carbons (Fsp3) is 0. The Bertz CT molecular complexity index is 3900. The van der Waals surface area contributed by atoms with Crippen LogP contribution in [0.5, 0.6) is 0 Å². The molecule has 0 unspecified atom stereocenters. The summed E-state index contributed by atoms with van der Waals surface area (Å²) in [5.41, 5.74) is 11.7. The lowest BCUT2D eigenvalue weighted by atomic mass is 9.93. The van der Waals surface area contributed by atoms with Crippen LogP contribution >= 0.6 is 11.3 Å². The lowest BCUT2D eigenvalue weighted by Gasteiger charge is -2.26. The summed E-state index contributed by atoms with van der Waals surface area (Å²) in [4.78, 5) is 2.40. The SMILES string of the molecule is c1ccc(-n2c3cc(-c4ccc(N(c5ccc(-c6cc7ccccc7c7ccccc67)cc5)c5ccc6sc7ccccc7c6c5)cc4)ccc3c3ccc4ccccc4c32)cc1. The number of aromatic nitrogens is 1. The van der Waals surface area contributed by atoms with Crippen LogP contribution in [0.1, 0.15) is 0 Å². The van der Waals surface area contributed by atoms with Crippen molar-refractivity contribution in [1.82, 2.24) is 4.57 Å². The third kappa shape index (κ3) is 5.78. The maximum absolute atomic E-state index is 2.45. The molecule has 0 aliphatic heterocycles. The first-order valence-corrected chi connectivity index (χ1v) is 22.4. The summed E-state index contributed by atoms with van der Waals surface area (Å²) in [6, 6.07) is 84.8. The van der Waals surface area contributed by atoms with E-state index in [1.165, 1.54) is 96.5 Å². The van der Waals surface area contributed by atoms with E-state index in [0.717, 1.165) is 22.7 Å². The van der Waals surface area contributed by atoms with Gasteiger partial charge in [-0.1, -0.05) is 158 Å². The molecule has 0 saturated heterocycles. The minimum absolute atomic E-state index is 1.10. The smallest absolute Gasteiger partial charge is 0.0619 e. The Morgan fingerprint density at radius 2 is 0.905 bits per heavy atom. The van der Waals surface area contributed by atoms with E-state index in [-0.39, 0.29) is 0 Å². The molecule has 0 aliphatic carbocycles. The fourth-order valence-corrected chi connectivity index (χ4v) is 11.1. The van der Waals surface area contributed by atoms with Crippen molar-refractivity contribution < 1.29 is 0 Å². The number of rotatable bonds is 6. The minimum atomic E-state index is 1.10. The van der Waals surface area contributed by atoms with Crippen LogP contribution in [0.4, 0.5) is 17.1 Å². The molecule has 13 rings (SSSR count). The van der Waals surface area contributed by atoms with E-state index in [4.69, 9.17) is 0 Å². The molecule has 0 N–H and O–H groups in total. The number of fused-ring (bicyclic) bond motifs is 11. The van der Waals surface area contributed by atoms with Crippen molar-refractivity contribution in [3.05, 3.63) is 231 Å². The Balaban J connectivity index is 0.944. The topological polar surface area (TPSA) is 8.17 Å².